The number of carbonyl (C=O) groups is 1. The molecular weight excluding hydrogens is 392 g/mol. The Hall–Kier alpha value is -2.47. The predicted octanol–water partition coefficient (Wildman–Crippen LogP) is 4.13. The number of allylic oxidation sites excluding steroid dienone is 3. The quantitative estimate of drug-likeness (QED) is 0.744. The van der Waals surface area contributed by atoms with Crippen LogP contribution in [0.4, 0.5) is 4.79 Å². The van der Waals surface area contributed by atoms with Crippen LogP contribution in [0.15, 0.2) is 54.0 Å². The van der Waals surface area contributed by atoms with Crippen LogP contribution in [0.3, 0.4) is 0 Å². The van der Waals surface area contributed by atoms with E-state index in [4.69, 9.17) is 14.2 Å². The van der Waals surface area contributed by atoms with Crippen LogP contribution in [0, 0.1) is 5.92 Å². The van der Waals surface area contributed by atoms with Gasteiger partial charge in [0.05, 0.1) is 13.2 Å². The normalized spacial score (nSPS) is 29.7. The number of hydrogen-bond acceptors (Lipinski definition) is 5. The van der Waals surface area contributed by atoms with Crippen molar-refractivity contribution in [2.24, 2.45) is 5.92 Å². The maximum Gasteiger partial charge on any atom is 0.407 e. The zero-order valence-corrected chi connectivity index (χ0v) is 18.0. The first-order valence-electron chi connectivity index (χ1n) is 11.6. The Bertz CT molecular complexity index is 823. The van der Waals surface area contributed by atoms with Gasteiger partial charge in [-0.25, -0.2) is 4.79 Å². The number of piperidine rings is 1. The molecule has 0 saturated carbocycles. The number of nitrogens with zero attached hydrogens (tertiary/aromatic N) is 1. The van der Waals surface area contributed by atoms with Gasteiger partial charge in [0.25, 0.3) is 0 Å². The number of benzene rings is 1. The van der Waals surface area contributed by atoms with E-state index in [2.05, 4.69) is 46.6 Å². The molecule has 1 amide bonds. The fraction of sp³-hybridized carbons (Fsp3) is 0.560. The van der Waals surface area contributed by atoms with E-state index in [1.807, 2.05) is 6.08 Å². The van der Waals surface area contributed by atoms with Gasteiger partial charge in [0.15, 0.2) is 11.9 Å². The molecule has 0 aromatic heterocycles. The first-order chi connectivity index (χ1) is 15.2. The molecule has 0 spiro atoms. The Balaban J connectivity index is 1.04. The minimum atomic E-state index is -0.360. The Morgan fingerprint density at radius 3 is 2.77 bits per heavy atom. The van der Waals surface area contributed by atoms with Crippen molar-refractivity contribution in [3.8, 4) is 0 Å². The highest BCUT2D eigenvalue weighted by Crippen LogP contribution is 2.39. The molecule has 166 valence electrons. The van der Waals surface area contributed by atoms with E-state index < -0.39 is 0 Å². The third-order valence-electron chi connectivity index (χ3n) is 6.93. The van der Waals surface area contributed by atoms with Crippen molar-refractivity contribution in [2.75, 3.05) is 19.8 Å². The van der Waals surface area contributed by atoms with Crippen molar-refractivity contribution in [3.05, 3.63) is 59.6 Å². The van der Waals surface area contributed by atoms with Crippen LogP contribution in [-0.2, 0) is 20.8 Å². The minimum Gasteiger partial charge on any atom is -0.490 e. The lowest BCUT2D eigenvalue weighted by Crippen LogP contribution is -2.44. The molecule has 4 aliphatic rings. The summed E-state index contributed by atoms with van der Waals surface area (Å²) in [4.78, 5) is 14.9. The van der Waals surface area contributed by atoms with Crippen LogP contribution in [0.2, 0.25) is 0 Å². The largest absolute Gasteiger partial charge is 0.490 e. The van der Waals surface area contributed by atoms with Gasteiger partial charge in [0, 0.05) is 25.0 Å². The van der Waals surface area contributed by atoms with Crippen LogP contribution in [0.1, 0.15) is 44.1 Å². The van der Waals surface area contributed by atoms with E-state index in [0.717, 1.165) is 43.7 Å². The zero-order valence-electron chi connectivity index (χ0n) is 18.0. The number of rotatable bonds is 6. The number of nitrogens with one attached hydrogen (secondary N) is 1. The molecule has 6 nitrogen and oxygen atoms in total. The average Bonchev–Trinajstić information content (AvgIpc) is 3.04. The monoisotopic (exact) mass is 424 g/mol. The molecule has 3 unspecified atom stereocenters. The third kappa shape index (κ3) is 4.90. The van der Waals surface area contributed by atoms with Crippen molar-refractivity contribution in [1.29, 1.82) is 0 Å². The third-order valence-corrected chi connectivity index (χ3v) is 6.93. The number of alkyl carbamates (subject to hydrolysis) is 1. The van der Waals surface area contributed by atoms with Crippen molar-refractivity contribution < 1.29 is 19.0 Å². The first-order valence-corrected chi connectivity index (χ1v) is 11.6. The molecule has 0 radical (unpaired) electrons. The summed E-state index contributed by atoms with van der Waals surface area (Å²) >= 11 is 0. The number of hydrogen-bond donors (Lipinski definition) is 1. The fourth-order valence-corrected chi connectivity index (χ4v) is 5.39. The zero-order chi connectivity index (χ0) is 21.0. The summed E-state index contributed by atoms with van der Waals surface area (Å²) in [5.41, 5.74) is 1.38. The second-order valence-corrected chi connectivity index (χ2v) is 9.14. The SMILES string of the molecule is O=C(NCC1COC2=C(C=CCC2)O1)OCC1CC2CCC(C1)N2Cc1ccccc1. The lowest BCUT2D eigenvalue weighted by atomic mass is 9.91. The summed E-state index contributed by atoms with van der Waals surface area (Å²) in [7, 11) is 0. The molecule has 5 rings (SSSR count). The van der Waals surface area contributed by atoms with E-state index in [9.17, 15) is 4.79 Å². The van der Waals surface area contributed by atoms with Gasteiger partial charge in [-0.3, -0.25) is 4.90 Å². The molecule has 1 N–H and O–H groups in total. The van der Waals surface area contributed by atoms with E-state index in [1.54, 1.807) is 0 Å². The lowest BCUT2D eigenvalue weighted by molar-refractivity contribution is -0.00186. The average molecular weight is 425 g/mol. The van der Waals surface area contributed by atoms with Gasteiger partial charge in [-0.2, -0.15) is 0 Å². The first kappa shape index (κ1) is 20.4. The van der Waals surface area contributed by atoms with Gasteiger partial charge in [-0.1, -0.05) is 36.4 Å². The highest BCUT2D eigenvalue weighted by Gasteiger charge is 2.40. The molecule has 2 fully saturated rings. The molecule has 1 aliphatic carbocycles. The number of amides is 1. The number of ether oxygens (including phenoxy) is 3. The van der Waals surface area contributed by atoms with Crippen LogP contribution in [-0.4, -0.2) is 48.9 Å². The molecule has 2 saturated heterocycles. The smallest absolute Gasteiger partial charge is 0.407 e. The van der Waals surface area contributed by atoms with Crippen molar-refractivity contribution in [2.45, 2.75) is 63.3 Å². The summed E-state index contributed by atoms with van der Waals surface area (Å²) < 4.78 is 17.3. The van der Waals surface area contributed by atoms with Crippen LogP contribution < -0.4 is 5.32 Å². The molecule has 2 bridgehead atoms. The molecule has 31 heavy (non-hydrogen) atoms. The predicted molar refractivity (Wildman–Crippen MR) is 117 cm³/mol. The molecule has 3 atom stereocenters. The van der Waals surface area contributed by atoms with Crippen molar-refractivity contribution >= 4 is 6.09 Å². The van der Waals surface area contributed by atoms with Crippen LogP contribution >= 0.6 is 0 Å². The van der Waals surface area contributed by atoms with Gasteiger partial charge >= 0.3 is 6.09 Å². The Labute approximate surface area is 184 Å². The molecule has 3 aliphatic heterocycles. The van der Waals surface area contributed by atoms with E-state index in [0.29, 0.717) is 37.8 Å². The van der Waals surface area contributed by atoms with Gasteiger partial charge < -0.3 is 19.5 Å². The topological polar surface area (TPSA) is 60.0 Å². The van der Waals surface area contributed by atoms with Gasteiger partial charge in [0.2, 0.25) is 0 Å². The van der Waals surface area contributed by atoms with Crippen LogP contribution in [0.25, 0.3) is 0 Å². The lowest BCUT2D eigenvalue weighted by Gasteiger charge is -2.38. The van der Waals surface area contributed by atoms with Crippen molar-refractivity contribution in [3.63, 3.8) is 0 Å². The maximum atomic E-state index is 12.2. The van der Waals surface area contributed by atoms with Crippen LogP contribution in [0.5, 0.6) is 0 Å². The fourth-order valence-electron chi connectivity index (χ4n) is 5.39. The molecule has 3 heterocycles. The highest BCUT2D eigenvalue weighted by atomic mass is 16.6. The second-order valence-electron chi connectivity index (χ2n) is 9.14. The van der Waals surface area contributed by atoms with Gasteiger partial charge in [-0.05, 0) is 49.7 Å². The maximum absolute atomic E-state index is 12.2. The summed E-state index contributed by atoms with van der Waals surface area (Å²) in [6.45, 7) is 2.39. The summed E-state index contributed by atoms with van der Waals surface area (Å²) in [6, 6.07) is 11.9. The molecule has 6 heteroatoms. The minimum absolute atomic E-state index is 0.175. The number of fused-ring (bicyclic) bond motifs is 2. The van der Waals surface area contributed by atoms with E-state index in [-0.39, 0.29) is 12.2 Å². The molecular formula is C25H32N2O4. The molecule has 1 aromatic carbocycles. The van der Waals surface area contributed by atoms with Gasteiger partial charge in [0.1, 0.15) is 12.4 Å². The highest BCUT2D eigenvalue weighted by molar-refractivity contribution is 5.67. The van der Waals surface area contributed by atoms with E-state index >= 15 is 0 Å². The van der Waals surface area contributed by atoms with Gasteiger partial charge in [-0.15, -0.1) is 0 Å². The Kier molecular flexibility index (Phi) is 6.16. The summed E-state index contributed by atoms with van der Waals surface area (Å²) in [5, 5.41) is 2.84. The Morgan fingerprint density at radius 2 is 1.97 bits per heavy atom. The van der Waals surface area contributed by atoms with Crippen molar-refractivity contribution in [1.82, 2.24) is 10.2 Å². The summed E-state index contributed by atoms with van der Waals surface area (Å²) in [5.74, 6) is 2.18. The standard InChI is InChI=1S/C25H32N2O4/c28-25(26-14-22-17-29-23-8-4-5-9-24(23)31-22)30-16-19-12-20-10-11-21(13-19)27(20)15-18-6-2-1-3-7-18/h1-3,5-7,9,19-22H,4,8,10-17H2,(H,26,28). The van der Waals surface area contributed by atoms with E-state index in [1.165, 1.54) is 18.4 Å². The molecule has 1 aromatic rings. The Morgan fingerprint density at radius 1 is 1.16 bits per heavy atom. The second kappa shape index (κ2) is 9.35. The summed E-state index contributed by atoms with van der Waals surface area (Å²) in [6.07, 6.45) is 10.1. The number of carbonyl (C=O) groups excluding carboxylic acids is 1.